The lowest BCUT2D eigenvalue weighted by atomic mass is 9.60. The predicted molar refractivity (Wildman–Crippen MR) is 207 cm³/mol. The largest absolute Gasteiger partial charge is 0.0654 e. The molecule has 0 aromatic heterocycles. The third kappa shape index (κ3) is 20.2. The van der Waals surface area contributed by atoms with Crippen molar-refractivity contribution >= 4 is 0 Å². The Labute approximate surface area is 288 Å². The monoisotopic (exact) mass is 631 g/mol. The Hall–Kier alpha value is 0. The highest BCUT2D eigenvalue weighted by atomic mass is 14.4. The second-order valence-corrected chi connectivity index (χ2v) is 18.6. The van der Waals surface area contributed by atoms with Gasteiger partial charge in [-0.25, -0.2) is 0 Å². The molecule has 45 heavy (non-hydrogen) atoms. The third-order valence-corrected chi connectivity index (χ3v) is 12.9. The average Bonchev–Trinajstić information content (AvgIpc) is 3.01. The van der Waals surface area contributed by atoms with Crippen LogP contribution in [0.15, 0.2) is 0 Å². The lowest BCUT2D eigenvalue weighted by molar-refractivity contribution is 0.0582. The van der Waals surface area contributed by atoms with E-state index in [1.807, 2.05) is 0 Å². The fourth-order valence-electron chi connectivity index (χ4n) is 10.0. The first-order valence-electron chi connectivity index (χ1n) is 21.4. The lowest BCUT2D eigenvalue weighted by Gasteiger charge is -2.45. The van der Waals surface area contributed by atoms with Gasteiger partial charge in [-0.2, -0.15) is 0 Å². The summed E-state index contributed by atoms with van der Waals surface area (Å²) in [7, 11) is 0. The van der Waals surface area contributed by atoms with Gasteiger partial charge >= 0.3 is 0 Å². The van der Waals surface area contributed by atoms with E-state index >= 15 is 0 Å². The molecule has 0 amide bonds. The van der Waals surface area contributed by atoms with Crippen LogP contribution in [0.4, 0.5) is 0 Å². The van der Waals surface area contributed by atoms with Gasteiger partial charge in [0.2, 0.25) is 0 Å². The van der Waals surface area contributed by atoms with E-state index in [-0.39, 0.29) is 0 Å². The molecule has 0 aromatic rings. The van der Waals surface area contributed by atoms with Crippen molar-refractivity contribution in [2.75, 3.05) is 0 Å². The minimum Gasteiger partial charge on any atom is -0.0654 e. The second kappa shape index (κ2) is 24.2. The summed E-state index contributed by atoms with van der Waals surface area (Å²) in [5.41, 5.74) is 1.21. The van der Waals surface area contributed by atoms with Crippen molar-refractivity contribution in [3.05, 3.63) is 0 Å². The molecule has 0 aromatic carbocycles. The first-order valence-corrected chi connectivity index (χ1v) is 21.4. The fourth-order valence-corrected chi connectivity index (χ4v) is 10.0. The molecule has 0 spiro atoms. The molecule has 4 unspecified atom stereocenters. The van der Waals surface area contributed by atoms with E-state index in [2.05, 4.69) is 76.2 Å². The number of hydrogen-bond donors (Lipinski definition) is 0. The summed E-state index contributed by atoms with van der Waals surface area (Å²) in [6.45, 7) is 26.1. The van der Waals surface area contributed by atoms with Gasteiger partial charge in [0.05, 0.1) is 0 Å². The van der Waals surface area contributed by atoms with E-state index in [1.165, 1.54) is 154 Å². The molecule has 0 radical (unpaired) electrons. The molecule has 4 rings (SSSR count). The molecule has 0 nitrogen and oxygen atoms in total. The molecule has 4 atom stereocenters. The van der Waals surface area contributed by atoms with Crippen LogP contribution in [0.2, 0.25) is 0 Å². The van der Waals surface area contributed by atoms with Crippen molar-refractivity contribution in [2.45, 2.75) is 237 Å². The molecule has 4 aliphatic carbocycles. The normalized spacial score (nSPS) is 34.6. The maximum absolute atomic E-state index is 2.46. The van der Waals surface area contributed by atoms with Crippen LogP contribution in [0.5, 0.6) is 0 Å². The first-order chi connectivity index (χ1) is 21.4. The van der Waals surface area contributed by atoms with Crippen LogP contribution in [0.1, 0.15) is 237 Å². The Morgan fingerprint density at radius 2 is 0.933 bits per heavy atom. The predicted octanol–water partition coefficient (Wildman–Crippen LogP) is 16.3. The van der Waals surface area contributed by atoms with E-state index in [1.54, 1.807) is 6.42 Å². The molecular weight excluding hydrogens is 540 g/mol. The molecule has 0 saturated heterocycles. The maximum Gasteiger partial charge on any atom is -0.0321 e. The molecular formula is C45H90. The quantitative estimate of drug-likeness (QED) is 0.211. The number of hydrogen-bond acceptors (Lipinski definition) is 0. The van der Waals surface area contributed by atoms with E-state index in [0.717, 1.165) is 41.4 Å². The van der Waals surface area contributed by atoms with E-state index in [9.17, 15) is 0 Å². The Morgan fingerprint density at radius 1 is 0.489 bits per heavy atom. The zero-order valence-electron chi connectivity index (χ0n) is 33.7. The summed E-state index contributed by atoms with van der Waals surface area (Å²) in [4.78, 5) is 0. The van der Waals surface area contributed by atoms with Gasteiger partial charge in [0.25, 0.3) is 0 Å². The summed E-state index contributed by atoms with van der Waals surface area (Å²) >= 11 is 0. The Kier molecular flexibility index (Phi) is 23.1. The van der Waals surface area contributed by atoms with Crippen LogP contribution >= 0.6 is 0 Å². The van der Waals surface area contributed by atoms with Gasteiger partial charge in [-0.3, -0.25) is 0 Å². The highest BCUT2D eigenvalue weighted by Crippen LogP contribution is 2.50. The van der Waals surface area contributed by atoms with Crippen molar-refractivity contribution < 1.29 is 0 Å². The van der Waals surface area contributed by atoms with Crippen molar-refractivity contribution in [2.24, 2.45) is 52.3 Å². The van der Waals surface area contributed by atoms with Gasteiger partial charge in [0, 0.05) is 0 Å². The van der Waals surface area contributed by atoms with Crippen molar-refractivity contribution in [3.8, 4) is 0 Å². The lowest BCUT2D eigenvalue weighted by Crippen LogP contribution is -2.34. The summed E-state index contributed by atoms with van der Waals surface area (Å²) in [5, 5.41) is 0. The van der Waals surface area contributed by atoms with Crippen LogP contribution in [-0.2, 0) is 0 Å². The molecule has 4 saturated carbocycles. The molecule has 4 fully saturated rings. The molecule has 0 bridgehead atoms. The third-order valence-electron chi connectivity index (χ3n) is 12.9. The molecule has 0 N–H and O–H groups in total. The molecule has 0 aliphatic heterocycles. The minimum absolute atomic E-state index is 0.586. The standard InChI is InChI=1S/C15H28.C12H24.C10H20.C8H18/c1-12-3-7-14(8-4-12)11-15-9-5-13(2)6-10-15;1-6-12(5)8-10(2)7-11(3,4)9-12;1-3-9-6-5-7-10(4-2)8-9;1-3-5-7-8-6-4-2/h12-15H,3-11H2,1-2H3;10H,6-9H2,1-5H3;9-10H,3-8H2,1-2H3;3-8H2,1-2H3. The topological polar surface area (TPSA) is 0 Å². The van der Waals surface area contributed by atoms with Gasteiger partial charge in [0.1, 0.15) is 0 Å². The van der Waals surface area contributed by atoms with Gasteiger partial charge < -0.3 is 0 Å². The zero-order chi connectivity index (χ0) is 33.7. The summed E-state index contributed by atoms with van der Waals surface area (Å²) < 4.78 is 0. The summed E-state index contributed by atoms with van der Waals surface area (Å²) in [6.07, 6.45) is 36.7. The fraction of sp³-hybridized carbons (Fsp3) is 1.00. The molecule has 270 valence electrons. The summed E-state index contributed by atoms with van der Waals surface area (Å²) in [5.74, 6) is 7.30. The van der Waals surface area contributed by atoms with Crippen molar-refractivity contribution in [1.29, 1.82) is 0 Å². The highest BCUT2D eigenvalue weighted by Gasteiger charge is 2.38. The highest BCUT2D eigenvalue weighted by molar-refractivity contribution is 4.89. The van der Waals surface area contributed by atoms with E-state index in [0.29, 0.717) is 10.8 Å². The number of rotatable bonds is 10. The van der Waals surface area contributed by atoms with Gasteiger partial charge in [0.15, 0.2) is 0 Å². The van der Waals surface area contributed by atoms with Crippen LogP contribution in [0, 0.1) is 52.3 Å². The van der Waals surface area contributed by atoms with Crippen LogP contribution < -0.4 is 0 Å². The van der Waals surface area contributed by atoms with Crippen LogP contribution in [0.3, 0.4) is 0 Å². The maximum atomic E-state index is 2.46. The zero-order valence-corrected chi connectivity index (χ0v) is 33.7. The van der Waals surface area contributed by atoms with Crippen LogP contribution in [0.25, 0.3) is 0 Å². The minimum atomic E-state index is 0.586. The van der Waals surface area contributed by atoms with Gasteiger partial charge in [-0.1, -0.05) is 205 Å². The Morgan fingerprint density at radius 3 is 1.29 bits per heavy atom. The van der Waals surface area contributed by atoms with Gasteiger partial charge in [-0.15, -0.1) is 0 Å². The molecule has 0 heterocycles. The van der Waals surface area contributed by atoms with Crippen molar-refractivity contribution in [1.82, 2.24) is 0 Å². The molecule has 0 heteroatoms. The average molecular weight is 631 g/mol. The van der Waals surface area contributed by atoms with Crippen molar-refractivity contribution in [3.63, 3.8) is 0 Å². The van der Waals surface area contributed by atoms with Crippen LogP contribution in [-0.4, -0.2) is 0 Å². The Bertz CT molecular complexity index is 624. The second-order valence-electron chi connectivity index (χ2n) is 18.6. The SMILES string of the molecule is CC1CCC(CC2CCC(C)CC2)CC1.CCC1(C)CC(C)CC(C)(C)C1.CCC1CCCC(CC)C1.CCCCCCCC. The van der Waals surface area contributed by atoms with E-state index < -0.39 is 0 Å². The summed E-state index contributed by atoms with van der Waals surface area (Å²) in [6, 6.07) is 0. The van der Waals surface area contributed by atoms with E-state index in [4.69, 9.17) is 0 Å². The smallest absolute Gasteiger partial charge is 0.0321 e. The van der Waals surface area contributed by atoms with Gasteiger partial charge in [-0.05, 0) is 84.4 Å². The molecule has 4 aliphatic rings. The Balaban J connectivity index is 0.000000309. The first kappa shape index (κ1) is 43.0. The number of unbranched alkanes of at least 4 members (excludes halogenated alkanes) is 5.